The third kappa shape index (κ3) is 1.67. The van der Waals surface area contributed by atoms with Gasteiger partial charge in [0.1, 0.15) is 11.0 Å². The maximum absolute atomic E-state index is 6.05. The highest BCUT2D eigenvalue weighted by atomic mass is 35.5. The van der Waals surface area contributed by atoms with Gasteiger partial charge in [0.25, 0.3) is 0 Å². The molecule has 0 saturated heterocycles. The first-order valence-corrected chi connectivity index (χ1v) is 4.94. The lowest BCUT2D eigenvalue weighted by Crippen LogP contribution is -2.26. The molecule has 0 aromatic carbocycles. The summed E-state index contributed by atoms with van der Waals surface area (Å²) in [4.78, 5) is 8.67. The van der Waals surface area contributed by atoms with Gasteiger partial charge in [-0.1, -0.05) is 18.5 Å². The van der Waals surface area contributed by atoms with Crippen molar-refractivity contribution in [2.24, 2.45) is 0 Å². The van der Waals surface area contributed by atoms with Gasteiger partial charge in [0.15, 0.2) is 0 Å². The molecule has 70 valence electrons. The molecule has 0 aliphatic carbocycles. The number of fused-ring (bicyclic) bond motifs is 1. The van der Waals surface area contributed by atoms with Gasteiger partial charge in [0.2, 0.25) is 0 Å². The number of aryl methyl sites for hydroxylation is 1. The molecule has 1 N–H and O–H groups in total. The van der Waals surface area contributed by atoms with Crippen LogP contribution < -0.4 is 5.32 Å². The van der Waals surface area contributed by atoms with Crippen LogP contribution in [-0.4, -0.2) is 16.5 Å². The van der Waals surface area contributed by atoms with Crippen LogP contribution >= 0.6 is 11.6 Å². The maximum atomic E-state index is 6.05. The molecule has 0 bridgehead atoms. The molecule has 2 rings (SSSR count). The second kappa shape index (κ2) is 3.60. The van der Waals surface area contributed by atoms with Crippen molar-refractivity contribution in [3.8, 4) is 0 Å². The van der Waals surface area contributed by atoms with Gasteiger partial charge in [-0.05, 0) is 13.0 Å². The highest BCUT2D eigenvalue weighted by molar-refractivity contribution is 6.30. The topological polar surface area (TPSA) is 37.8 Å². The lowest BCUT2D eigenvalue weighted by Gasteiger charge is -2.17. The molecule has 0 unspecified atom stereocenters. The van der Waals surface area contributed by atoms with Gasteiger partial charge < -0.3 is 5.32 Å². The third-order valence-corrected chi connectivity index (χ3v) is 2.56. The second-order valence-electron chi connectivity index (χ2n) is 3.14. The van der Waals surface area contributed by atoms with E-state index in [0.29, 0.717) is 5.15 Å². The molecule has 1 aromatic rings. The van der Waals surface area contributed by atoms with Crippen molar-refractivity contribution in [1.82, 2.24) is 15.3 Å². The number of nitrogens with one attached hydrogen (secondary N) is 1. The van der Waals surface area contributed by atoms with E-state index in [1.807, 2.05) is 6.92 Å². The SMILES string of the molecule is CCc1nc(Cl)c2c(n1)CNCC2. The molecule has 0 atom stereocenters. The summed E-state index contributed by atoms with van der Waals surface area (Å²) in [5.41, 5.74) is 2.20. The Hall–Kier alpha value is -0.670. The van der Waals surface area contributed by atoms with E-state index in [-0.39, 0.29) is 0 Å². The monoisotopic (exact) mass is 197 g/mol. The molecule has 3 nitrogen and oxygen atoms in total. The summed E-state index contributed by atoms with van der Waals surface area (Å²) in [5.74, 6) is 0.840. The Morgan fingerprint density at radius 1 is 1.46 bits per heavy atom. The van der Waals surface area contributed by atoms with Crippen LogP contribution in [0.25, 0.3) is 0 Å². The molecule has 0 amide bonds. The Balaban J connectivity index is 2.47. The summed E-state index contributed by atoms with van der Waals surface area (Å²) in [5, 5.41) is 3.91. The van der Waals surface area contributed by atoms with E-state index in [4.69, 9.17) is 11.6 Å². The van der Waals surface area contributed by atoms with Gasteiger partial charge >= 0.3 is 0 Å². The lowest BCUT2D eigenvalue weighted by molar-refractivity contribution is 0.617. The molecule has 2 heterocycles. The fourth-order valence-corrected chi connectivity index (χ4v) is 1.82. The summed E-state index contributed by atoms with van der Waals surface area (Å²) >= 11 is 6.05. The molecule has 0 saturated carbocycles. The van der Waals surface area contributed by atoms with E-state index in [9.17, 15) is 0 Å². The standard InChI is InChI=1S/C9H12ClN3/c1-2-8-12-7-5-11-4-3-6(7)9(10)13-8/h11H,2-5H2,1H3. The van der Waals surface area contributed by atoms with Crippen LogP contribution in [0, 0.1) is 0 Å². The quantitative estimate of drug-likeness (QED) is 0.691. The van der Waals surface area contributed by atoms with E-state index in [1.165, 1.54) is 0 Å². The predicted molar refractivity (Wildman–Crippen MR) is 51.8 cm³/mol. The van der Waals surface area contributed by atoms with Crippen molar-refractivity contribution in [3.05, 3.63) is 22.2 Å². The Morgan fingerprint density at radius 2 is 2.31 bits per heavy atom. The second-order valence-corrected chi connectivity index (χ2v) is 3.49. The van der Waals surface area contributed by atoms with E-state index < -0.39 is 0 Å². The van der Waals surface area contributed by atoms with Gasteiger partial charge in [-0.15, -0.1) is 0 Å². The Bertz CT molecular complexity index is 325. The molecule has 0 fully saturated rings. The van der Waals surface area contributed by atoms with E-state index in [0.717, 1.165) is 43.0 Å². The normalized spacial score (nSPS) is 15.5. The predicted octanol–water partition coefficient (Wildman–Crippen LogP) is 1.34. The molecular weight excluding hydrogens is 186 g/mol. The van der Waals surface area contributed by atoms with E-state index in [2.05, 4.69) is 15.3 Å². The van der Waals surface area contributed by atoms with Crippen molar-refractivity contribution in [1.29, 1.82) is 0 Å². The van der Waals surface area contributed by atoms with Crippen molar-refractivity contribution in [2.75, 3.05) is 6.54 Å². The highest BCUT2D eigenvalue weighted by Gasteiger charge is 2.15. The van der Waals surface area contributed by atoms with Crippen LogP contribution in [0.1, 0.15) is 24.0 Å². The summed E-state index contributed by atoms with van der Waals surface area (Å²) < 4.78 is 0. The van der Waals surface area contributed by atoms with Crippen molar-refractivity contribution < 1.29 is 0 Å². The van der Waals surface area contributed by atoms with Gasteiger partial charge in [-0.2, -0.15) is 0 Å². The van der Waals surface area contributed by atoms with Crippen molar-refractivity contribution >= 4 is 11.6 Å². The number of hydrogen-bond donors (Lipinski definition) is 1. The first kappa shape index (κ1) is 8.91. The van der Waals surface area contributed by atoms with Crippen LogP contribution in [0.4, 0.5) is 0 Å². The minimum Gasteiger partial charge on any atom is -0.311 e. The van der Waals surface area contributed by atoms with Crippen molar-refractivity contribution in [2.45, 2.75) is 26.3 Å². The summed E-state index contributed by atoms with van der Waals surface area (Å²) in [6, 6.07) is 0. The van der Waals surface area contributed by atoms with Crippen molar-refractivity contribution in [3.63, 3.8) is 0 Å². The third-order valence-electron chi connectivity index (χ3n) is 2.25. The highest BCUT2D eigenvalue weighted by Crippen LogP contribution is 2.19. The zero-order valence-corrected chi connectivity index (χ0v) is 8.36. The largest absolute Gasteiger partial charge is 0.311 e. The van der Waals surface area contributed by atoms with E-state index in [1.54, 1.807) is 0 Å². The fourth-order valence-electron chi connectivity index (χ4n) is 1.52. The molecule has 0 radical (unpaired) electrons. The number of hydrogen-bond acceptors (Lipinski definition) is 3. The molecule has 0 spiro atoms. The van der Waals surface area contributed by atoms with Crippen LogP contribution in [-0.2, 0) is 19.4 Å². The Labute approximate surface area is 82.5 Å². The minimum absolute atomic E-state index is 0.642. The van der Waals surface area contributed by atoms with E-state index >= 15 is 0 Å². The average molecular weight is 198 g/mol. The Morgan fingerprint density at radius 3 is 3.08 bits per heavy atom. The summed E-state index contributed by atoms with van der Waals surface area (Å²) in [6.45, 7) is 3.83. The Kier molecular flexibility index (Phi) is 2.47. The van der Waals surface area contributed by atoms with Gasteiger partial charge in [-0.3, -0.25) is 0 Å². The molecule has 1 aliphatic heterocycles. The summed E-state index contributed by atoms with van der Waals surface area (Å²) in [7, 11) is 0. The minimum atomic E-state index is 0.642. The number of rotatable bonds is 1. The smallest absolute Gasteiger partial charge is 0.136 e. The summed E-state index contributed by atoms with van der Waals surface area (Å²) in [6.07, 6.45) is 1.78. The van der Waals surface area contributed by atoms with Gasteiger partial charge in [0.05, 0.1) is 5.69 Å². The molecule has 1 aliphatic rings. The van der Waals surface area contributed by atoms with Crippen LogP contribution in [0.3, 0.4) is 0 Å². The first-order valence-electron chi connectivity index (χ1n) is 4.56. The average Bonchev–Trinajstić information content (AvgIpc) is 2.18. The van der Waals surface area contributed by atoms with Gasteiger partial charge in [0, 0.05) is 18.5 Å². The van der Waals surface area contributed by atoms with Crippen LogP contribution in [0.5, 0.6) is 0 Å². The fraction of sp³-hybridized carbons (Fsp3) is 0.556. The zero-order chi connectivity index (χ0) is 9.26. The molecule has 1 aromatic heterocycles. The van der Waals surface area contributed by atoms with Gasteiger partial charge in [-0.25, -0.2) is 9.97 Å². The number of halogens is 1. The van der Waals surface area contributed by atoms with Crippen LogP contribution in [0.2, 0.25) is 5.15 Å². The van der Waals surface area contributed by atoms with Crippen LogP contribution in [0.15, 0.2) is 0 Å². The lowest BCUT2D eigenvalue weighted by atomic mass is 10.1. The maximum Gasteiger partial charge on any atom is 0.136 e. The number of aromatic nitrogens is 2. The molecular formula is C9H12ClN3. The molecule has 4 heteroatoms. The number of nitrogens with zero attached hydrogens (tertiary/aromatic N) is 2. The zero-order valence-electron chi connectivity index (χ0n) is 7.60. The first-order chi connectivity index (χ1) is 6.31. The molecule has 13 heavy (non-hydrogen) atoms.